The SMILES string of the molecule is Cc1ccc(NCc2cc(Br)ccc2OCc2cccc(Cl)c2)cc1Cl. The van der Waals surface area contributed by atoms with E-state index in [1.807, 2.05) is 61.5 Å². The lowest BCUT2D eigenvalue weighted by Gasteiger charge is -2.14. The second kappa shape index (κ2) is 8.81. The van der Waals surface area contributed by atoms with Crippen LogP contribution in [0.25, 0.3) is 0 Å². The molecule has 3 rings (SSSR count). The fraction of sp³-hybridized carbons (Fsp3) is 0.143. The van der Waals surface area contributed by atoms with E-state index in [-0.39, 0.29) is 0 Å². The van der Waals surface area contributed by atoms with Gasteiger partial charge in [0.25, 0.3) is 0 Å². The van der Waals surface area contributed by atoms with E-state index in [0.29, 0.717) is 18.2 Å². The van der Waals surface area contributed by atoms with Gasteiger partial charge < -0.3 is 10.1 Å². The smallest absolute Gasteiger partial charge is 0.124 e. The number of benzene rings is 3. The highest BCUT2D eigenvalue weighted by Gasteiger charge is 2.07. The molecule has 26 heavy (non-hydrogen) atoms. The van der Waals surface area contributed by atoms with E-state index in [1.54, 1.807) is 0 Å². The van der Waals surface area contributed by atoms with E-state index in [2.05, 4.69) is 27.3 Å². The van der Waals surface area contributed by atoms with Crippen molar-refractivity contribution in [3.63, 3.8) is 0 Å². The van der Waals surface area contributed by atoms with E-state index in [4.69, 9.17) is 27.9 Å². The average molecular weight is 451 g/mol. The molecule has 0 saturated heterocycles. The topological polar surface area (TPSA) is 21.3 Å². The summed E-state index contributed by atoms with van der Waals surface area (Å²) in [5.41, 5.74) is 4.12. The van der Waals surface area contributed by atoms with Gasteiger partial charge in [0, 0.05) is 32.3 Å². The van der Waals surface area contributed by atoms with E-state index in [0.717, 1.165) is 37.6 Å². The Bertz CT molecular complexity index is 914. The highest BCUT2D eigenvalue weighted by atomic mass is 79.9. The van der Waals surface area contributed by atoms with Crippen LogP contribution in [0.2, 0.25) is 10.0 Å². The van der Waals surface area contributed by atoms with Crippen LogP contribution >= 0.6 is 39.1 Å². The molecule has 0 fully saturated rings. The fourth-order valence-electron chi connectivity index (χ4n) is 2.51. The molecular formula is C21H18BrCl2NO. The number of hydrogen-bond acceptors (Lipinski definition) is 2. The first kappa shape index (κ1) is 19.1. The summed E-state index contributed by atoms with van der Waals surface area (Å²) in [6.45, 7) is 3.08. The van der Waals surface area contributed by atoms with Gasteiger partial charge in [0.15, 0.2) is 0 Å². The Kier molecular flexibility index (Phi) is 6.47. The molecule has 5 heteroatoms. The summed E-state index contributed by atoms with van der Waals surface area (Å²) in [4.78, 5) is 0. The summed E-state index contributed by atoms with van der Waals surface area (Å²) >= 11 is 15.8. The fourth-order valence-corrected chi connectivity index (χ4v) is 3.32. The van der Waals surface area contributed by atoms with Crippen LogP contribution in [-0.2, 0) is 13.2 Å². The van der Waals surface area contributed by atoms with E-state index < -0.39 is 0 Å². The quantitative estimate of drug-likeness (QED) is 0.426. The van der Waals surface area contributed by atoms with Gasteiger partial charge in [-0.1, -0.05) is 57.3 Å². The van der Waals surface area contributed by atoms with Crippen molar-refractivity contribution in [1.82, 2.24) is 0 Å². The molecule has 3 aromatic rings. The molecule has 0 unspecified atom stereocenters. The minimum atomic E-state index is 0.464. The molecule has 0 aromatic heterocycles. The molecule has 3 aromatic carbocycles. The second-order valence-corrected chi connectivity index (χ2v) is 7.75. The predicted molar refractivity (Wildman–Crippen MR) is 113 cm³/mol. The monoisotopic (exact) mass is 449 g/mol. The zero-order valence-corrected chi connectivity index (χ0v) is 17.3. The van der Waals surface area contributed by atoms with Crippen molar-refractivity contribution in [3.05, 3.63) is 91.9 Å². The minimum absolute atomic E-state index is 0.464. The molecule has 2 nitrogen and oxygen atoms in total. The second-order valence-electron chi connectivity index (χ2n) is 5.99. The van der Waals surface area contributed by atoms with Crippen molar-refractivity contribution < 1.29 is 4.74 Å². The number of aryl methyl sites for hydroxylation is 1. The standard InChI is InChI=1S/C21H18BrCl2NO/c1-14-5-7-19(11-20(14)24)25-12-16-10-17(22)6-8-21(16)26-13-15-3-2-4-18(23)9-15/h2-11,25H,12-13H2,1H3. The molecule has 0 aliphatic rings. The van der Waals surface area contributed by atoms with E-state index >= 15 is 0 Å². The number of nitrogens with one attached hydrogen (secondary N) is 1. The molecule has 0 amide bonds. The Balaban J connectivity index is 1.71. The van der Waals surface area contributed by atoms with Crippen LogP contribution in [0.1, 0.15) is 16.7 Å². The number of rotatable bonds is 6. The van der Waals surface area contributed by atoms with Crippen LogP contribution in [-0.4, -0.2) is 0 Å². The van der Waals surface area contributed by atoms with Gasteiger partial charge in [0.2, 0.25) is 0 Å². The van der Waals surface area contributed by atoms with Gasteiger partial charge in [-0.15, -0.1) is 0 Å². The lowest BCUT2D eigenvalue weighted by atomic mass is 10.1. The summed E-state index contributed by atoms with van der Waals surface area (Å²) in [6, 6.07) is 19.6. The molecule has 0 heterocycles. The molecule has 0 spiro atoms. The molecule has 0 bridgehead atoms. The largest absolute Gasteiger partial charge is 0.489 e. The lowest BCUT2D eigenvalue weighted by Crippen LogP contribution is -2.04. The summed E-state index contributed by atoms with van der Waals surface area (Å²) in [6.07, 6.45) is 0. The molecule has 134 valence electrons. The Morgan fingerprint density at radius 2 is 1.85 bits per heavy atom. The predicted octanol–water partition coefficient (Wildman–Crippen LogP) is 7.26. The van der Waals surface area contributed by atoms with E-state index in [9.17, 15) is 0 Å². The zero-order chi connectivity index (χ0) is 18.5. The zero-order valence-electron chi connectivity index (χ0n) is 14.2. The highest BCUT2D eigenvalue weighted by Crippen LogP contribution is 2.26. The van der Waals surface area contributed by atoms with Gasteiger partial charge in [-0.2, -0.15) is 0 Å². The van der Waals surface area contributed by atoms with Crippen molar-refractivity contribution in [1.29, 1.82) is 0 Å². The first-order valence-corrected chi connectivity index (χ1v) is 9.72. The Morgan fingerprint density at radius 3 is 2.62 bits per heavy atom. The maximum atomic E-state index is 6.20. The van der Waals surface area contributed by atoms with Gasteiger partial charge in [-0.05, 0) is 60.5 Å². The van der Waals surface area contributed by atoms with Crippen LogP contribution in [0.4, 0.5) is 5.69 Å². The molecular weight excluding hydrogens is 433 g/mol. The number of anilines is 1. The van der Waals surface area contributed by atoms with Crippen LogP contribution in [0.5, 0.6) is 5.75 Å². The summed E-state index contributed by atoms with van der Waals surface area (Å²) < 4.78 is 7.02. The van der Waals surface area contributed by atoms with Gasteiger partial charge in [-0.3, -0.25) is 0 Å². The molecule has 1 N–H and O–H groups in total. The number of hydrogen-bond donors (Lipinski definition) is 1. The highest BCUT2D eigenvalue weighted by molar-refractivity contribution is 9.10. The third-order valence-corrected chi connectivity index (χ3v) is 5.10. The molecule has 0 saturated carbocycles. The Morgan fingerprint density at radius 1 is 1.00 bits per heavy atom. The van der Waals surface area contributed by atoms with E-state index in [1.165, 1.54) is 0 Å². The maximum absolute atomic E-state index is 6.20. The van der Waals surface area contributed by atoms with Gasteiger partial charge in [0.05, 0.1) is 0 Å². The van der Waals surface area contributed by atoms with Crippen molar-refractivity contribution in [2.75, 3.05) is 5.32 Å². The average Bonchev–Trinajstić information content (AvgIpc) is 2.62. The summed E-state index contributed by atoms with van der Waals surface area (Å²) in [5, 5.41) is 4.86. The van der Waals surface area contributed by atoms with Crippen LogP contribution < -0.4 is 10.1 Å². The lowest BCUT2D eigenvalue weighted by molar-refractivity contribution is 0.303. The van der Waals surface area contributed by atoms with Gasteiger partial charge in [-0.25, -0.2) is 0 Å². The molecule has 0 aliphatic heterocycles. The summed E-state index contributed by atoms with van der Waals surface area (Å²) in [5.74, 6) is 0.832. The molecule has 0 radical (unpaired) electrons. The first-order valence-electron chi connectivity index (χ1n) is 8.17. The van der Waals surface area contributed by atoms with Crippen molar-refractivity contribution >= 4 is 44.8 Å². The number of ether oxygens (including phenoxy) is 1. The van der Waals surface area contributed by atoms with Gasteiger partial charge in [0.1, 0.15) is 12.4 Å². The van der Waals surface area contributed by atoms with Crippen molar-refractivity contribution in [3.8, 4) is 5.75 Å². The van der Waals surface area contributed by atoms with Crippen molar-refractivity contribution in [2.45, 2.75) is 20.1 Å². The van der Waals surface area contributed by atoms with Gasteiger partial charge >= 0.3 is 0 Å². The normalized spacial score (nSPS) is 10.6. The summed E-state index contributed by atoms with van der Waals surface area (Å²) in [7, 11) is 0. The Labute approximate surface area is 172 Å². The molecule has 0 atom stereocenters. The minimum Gasteiger partial charge on any atom is -0.489 e. The first-order chi connectivity index (χ1) is 12.5. The number of halogens is 3. The van der Waals surface area contributed by atoms with Crippen LogP contribution in [0, 0.1) is 6.92 Å². The molecule has 0 aliphatic carbocycles. The van der Waals surface area contributed by atoms with Crippen LogP contribution in [0.15, 0.2) is 65.1 Å². The Hall–Kier alpha value is -1.68. The third-order valence-electron chi connectivity index (χ3n) is 3.96. The third kappa shape index (κ3) is 5.16. The maximum Gasteiger partial charge on any atom is 0.124 e. The van der Waals surface area contributed by atoms with Crippen LogP contribution in [0.3, 0.4) is 0 Å². The van der Waals surface area contributed by atoms with Crippen molar-refractivity contribution in [2.24, 2.45) is 0 Å².